The summed E-state index contributed by atoms with van der Waals surface area (Å²) in [7, 11) is 0. The molecule has 274 valence electrons. The summed E-state index contributed by atoms with van der Waals surface area (Å²) in [5.74, 6) is -0.622. The monoisotopic (exact) mass is 657 g/mol. The Kier molecular flexibility index (Phi) is 34.2. The van der Waals surface area contributed by atoms with Gasteiger partial charge in [-0.3, -0.25) is 9.59 Å². The molecule has 0 bridgehead atoms. The van der Waals surface area contributed by atoms with Crippen LogP contribution in [0.25, 0.3) is 0 Å². The van der Waals surface area contributed by atoms with Crippen LogP contribution in [-0.4, -0.2) is 58.8 Å². The summed E-state index contributed by atoms with van der Waals surface area (Å²) in [4.78, 5) is 23.9. The molecule has 0 aromatic rings. The summed E-state index contributed by atoms with van der Waals surface area (Å²) in [5.41, 5.74) is 0. The fourth-order valence-electron chi connectivity index (χ4n) is 5.89. The topological polar surface area (TPSA) is 113 Å². The van der Waals surface area contributed by atoms with E-state index in [4.69, 9.17) is 9.47 Å². The third-order valence-electron chi connectivity index (χ3n) is 8.99. The number of unbranched alkanes of at least 4 members (excludes halogenated alkanes) is 20. The Labute approximate surface area is 284 Å². The first kappa shape index (κ1) is 44.8. The summed E-state index contributed by atoms with van der Waals surface area (Å²) < 4.78 is 10.3. The number of carbonyl (C=O) groups is 2. The van der Waals surface area contributed by atoms with E-state index < -0.39 is 6.10 Å². The molecular formula is C39H76O7. The molecule has 7 heteroatoms. The van der Waals surface area contributed by atoms with Crippen LogP contribution in [0.5, 0.6) is 0 Å². The second kappa shape index (κ2) is 35.1. The van der Waals surface area contributed by atoms with Crippen LogP contribution in [0.2, 0.25) is 0 Å². The van der Waals surface area contributed by atoms with Crippen molar-refractivity contribution < 1.29 is 34.4 Å². The van der Waals surface area contributed by atoms with Gasteiger partial charge in [-0.1, -0.05) is 155 Å². The molecule has 0 aromatic heterocycles. The summed E-state index contributed by atoms with van der Waals surface area (Å²) in [5, 5.41) is 30.1. The zero-order valence-electron chi connectivity index (χ0n) is 30.3. The highest BCUT2D eigenvalue weighted by molar-refractivity contribution is 5.69. The van der Waals surface area contributed by atoms with Gasteiger partial charge in [-0.2, -0.15) is 0 Å². The van der Waals surface area contributed by atoms with Gasteiger partial charge >= 0.3 is 11.9 Å². The van der Waals surface area contributed by atoms with Gasteiger partial charge in [-0.25, -0.2) is 0 Å². The lowest BCUT2D eigenvalue weighted by Gasteiger charge is -2.12. The van der Waals surface area contributed by atoms with Gasteiger partial charge in [0.25, 0.3) is 0 Å². The lowest BCUT2D eigenvalue weighted by atomic mass is 10.0. The maximum Gasteiger partial charge on any atom is 0.305 e. The number of esters is 2. The van der Waals surface area contributed by atoms with Crippen LogP contribution in [0, 0.1) is 0 Å². The molecule has 0 aromatic carbocycles. The van der Waals surface area contributed by atoms with Gasteiger partial charge in [0.2, 0.25) is 0 Å². The Bertz CT molecular complexity index is 602. The minimum absolute atomic E-state index is 0.124. The van der Waals surface area contributed by atoms with E-state index in [1.165, 1.54) is 89.9 Å². The van der Waals surface area contributed by atoms with Crippen molar-refractivity contribution in [3.8, 4) is 0 Å². The zero-order chi connectivity index (χ0) is 33.9. The predicted molar refractivity (Wildman–Crippen MR) is 190 cm³/mol. The van der Waals surface area contributed by atoms with E-state index in [9.17, 15) is 24.9 Å². The van der Waals surface area contributed by atoms with E-state index in [2.05, 4.69) is 13.8 Å². The Morgan fingerprint density at radius 2 is 0.652 bits per heavy atom. The lowest BCUT2D eigenvalue weighted by molar-refractivity contribution is -0.152. The number of hydrogen-bond donors (Lipinski definition) is 3. The Morgan fingerprint density at radius 3 is 0.957 bits per heavy atom. The molecular weight excluding hydrogens is 580 g/mol. The third kappa shape index (κ3) is 34.2. The minimum atomic E-state index is -0.989. The van der Waals surface area contributed by atoms with Crippen molar-refractivity contribution in [2.45, 2.75) is 225 Å². The first-order valence-corrected chi connectivity index (χ1v) is 19.7. The van der Waals surface area contributed by atoms with E-state index in [1.54, 1.807) is 0 Å². The highest BCUT2D eigenvalue weighted by Crippen LogP contribution is 2.16. The molecule has 0 rings (SSSR count). The third-order valence-corrected chi connectivity index (χ3v) is 8.99. The van der Waals surface area contributed by atoms with Crippen molar-refractivity contribution in [2.75, 3.05) is 13.2 Å². The Morgan fingerprint density at radius 1 is 0.391 bits per heavy atom. The molecule has 0 saturated heterocycles. The fraction of sp³-hybridized carbons (Fsp3) is 0.949. The van der Waals surface area contributed by atoms with Gasteiger partial charge < -0.3 is 24.8 Å². The quantitative estimate of drug-likeness (QED) is 0.0454. The van der Waals surface area contributed by atoms with Gasteiger partial charge in [-0.05, 0) is 38.5 Å². The Hall–Kier alpha value is -1.18. The number of hydrogen-bond acceptors (Lipinski definition) is 7. The highest BCUT2D eigenvalue weighted by Gasteiger charge is 2.12. The van der Waals surface area contributed by atoms with Crippen LogP contribution in [0.3, 0.4) is 0 Å². The SMILES string of the molecule is CCCCCCC(O)CCCCCCCCCCC(=O)OCC(O)COC(=O)CCCCCCCCCCC(O)CCCCCC. The standard InChI is InChI=1S/C39H76O7/c1-3-5-7-21-27-35(40)29-23-17-13-9-11-15-19-25-31-38(43)45-33-37(42)34-46-39(44)32-26-20-16-12-10-14-18-24-30-36(41)28-22-8-6-4-2/h35-37,40-42H,3-34H2,1-2H3. The fourth-order valence-corrected chi connectivity index (χ4v) is 5.89. The molecule has 0 aliphatic carbocycles. The second-order valence-electron chi connectivity index (χ2n) is 13.8. The molecule has 3 N–H and O–H groups in total. The van der Waals surface area contributed by atoms with Crippen LogP contribution in [0.1, 0.15) is 206 Å². The lowest BCUT2D eigenvalue weighted by Crippen LogP contribution is -2.25. The van der Waals surface area contributed by atoms with Gasteiger partial charge in [0.05, 0.1) is 12.2 Å². The number of carbonyl (C=O) groups excluding carboxylic acids is 2. The van der Waals surface area contributed by atoms with Gasteiger partial charge in [-0.15, -0.1) is 0 Å². The number of rotatable bonds is 36. The van der Waals surface area contributed by atoms with E-state index >= 15 is 0 Å². The summed E-state index contributed by atoms with van der Waals surface area (Å²) >= 11 is 0. The molecule has 0 heterocycles. The smallest absolute Gasteiger partial charge is 0.305 e. The molecule has 0 aliphatic rings. The van der Waals surface area contributed by atoms with Gasteiger partial charge in [0.15, 0.2) is 0 Å². The average Bonchev–Trinajstić information content (AvgIpc) is 3.04. The van der Waals surface area contributed by atoms with Crippen molar-refractivity contribution >= 4 is 11.9 Å². The molecule has 2 atom stereocenters. The molecule has 7 nitrogen and oxygen atoms in total. The number of aliphatic hydroxyl groups is 3. The number of aliphatic hydroxyl groups excluding tert-OH is 3. The van der Waals surface area contributed by atoms with Crippen LogP contribution in [-0.2, 0) is 19.1 Å². The maximum absolute atomic E-state index is 12.0. The molecule has 0 radical (unpaired) electrons. The van der Waals surface area contributed by atoms with Crippen molar-refractivity contribution in [2.24, 2.45) is 0 Å². The molecule has 46 heavy (non-hydrogen) atoms. The summed E-state index contributed by atoms with van der Waals surface area (Å²) in [6.45, 7) is 4.13. The van der Waals surface area contributed by atoms with Crippen molar-refractivity contribution in [1.82, 2.24) is 0 Å². The first-order valence-electron chi connectivity index (χ1n) is 19.7. The van der Waals surface area contributed by atoms with E-state index in [-0.39, 0.29) is 37.4 Å². The minimum Gasteiger partial charge on any atom is -0.463 e. The van der Waals surface area contributed by atoms with Crippen LogP contribution in [0.4, 0.5) is 0 Å². The largest absolute Gasteiger partial charge is 0.463 e. The van der Waals surface area contributed by atoms with E-state index in [0.717, 1.165) is 89.9 Å². The average molecular weight is 657 g/mol. The maximum atomic E-state index is 12.0. The first-order chi connectivity index (χ1) is 22.4. The molecule has 0 fully saturated rings. The second-order valence-corrected chi connectivity index (χ2v) is 13.8. The number of ether oxygens (including phenoxy) is 2. The van der Waals surface area contributed by atoms with E-state index in [0.29, 0.717) is 12.8 Å². The predicted octanol–water partition coefficient (Wildman–Crippen LogP) is 9.90. The molecule has 0 aliphatic heterocycles. The molecule has 0 spiro atoms. The highest BCUT2D eigenvalue weighted by atomic mass is 16.6. The zero-order valence-corrected chi connectivity index (χ0v) is 30.3. The van der Waals surface area contributed by atoms with Crippen molar-refractivity contribution in [3.63, 3.8) is 0 Å². The van der Waals surface area contributed by atoms with Crippen LogP contribution in [0.15, 0.2) is 0 Å². The van der Waals surface area contributed by atoms with Crippen molar-refractivity contribution in [3.05, 3.63) is 0 Å². The summed E-state index contributed by atoms with van der Waals surface area (Å²) in [6, 6.07) is 0. The molecule has 2 unspecified atom stereocenters. The molecule has 0 saturated carbocycles. The van der Waals surface area contributed by atoms with E-state index in [1.807, 2.05) is 0 Å². The van der Waals surface area contributed by atoms with Gasteiger partial charge in [0, 0.05) is 12.8 Å². The van der Waals surface area contributed by atoms with Gasteiger partial charge in [0.1, 0.15) is 19.3 Å². The Balaban J connectivity index is 3.46. The molecule has 0 amide bonds. The normalized spacial score (nSPS) is 13.4. The summed E-state index contributed by atoms with van der Waals surface area (Å²) in [6.07, 6.45) is 30.5. The van der Waals surface area contributed by atoms with Crippen molar-refractivity contribution in [1.29, 1.82) is 0 Å². The van der Waals surface area contributed by atoms with Crippen LogP contribution >= 0.6 is 0 Å². The van der Waals surface area contributed by atoms with Crippen LogP contribution < -0.4 is 0 Å².